The van der Waals surface area contributed by atoms with Crippen molar-refractivity contribution in [3.8, 4) is 0 Å². The Hall–Kier alpha value is -2.40. The smallest absolute Gasteiger partial charge is 0.310 e. The van der Waals surface area contributed by atoms with Gasteiger partial charge in [-0.2, -0.15) is 0 Å². The van der Waals surface area contributed by atoms with Crippen molar-refractivity contribution in [2.24, 2.45) is 0 Å². The number of benzene rings is 1. The third-order valence-electron chi connectivity index (χ3n) is 5.10. The number of fused-ring (bicyclic) bond motifs is 1. The highest BCUT2D eigenvalue weighted by molar-refractivity contribution is 7.17. The second-order valence-electron chi connectivity index (χ2n) is 7.38. The first-order valence-corrected chi connectivity index (χ1v) is 10.3. The quantitative estimate of drug-likeness (QED) is 0.597. The fourth-order valence-electron chi connectivity index (χ4n) is 3.57. The second-order valence-corrected chi connectivity index (χ2v) is 8.30. The molecule has 0 spiro atoms. The average Bonchev–Trinajstić information content (AvgIpc) is 3.31. The third-order valence-corrected chi connectivity index (χ3v) is 6.03. The molecule has 0 radical (unpaired) electrons. The lowest BCUT2D eigenvalue weighted by molar-refractivity contribution is -0.147. The average molecular weight is 381 g/mol. The van der Waals surface area contributed by atoms with E-state index in [4.69, 9.17) is 4.74 Å². The van der Waals surface area contributed by atoms with Gasteiger partial charge in [0.1, 0.15) is 6.10 Å². The molecular weight excluding hydrogens is 356 g/mol. The van der Waals surface area contributed by atoms with Gasteiger partial charge < -0.3 is 9.64 Å². The molecule has 2 aromatic heterocycles. The summed E-state index contributed by atoms with van der Waals surface area (Å²) in [6.07, 6.45) is 3.01. The molecule has 0 aliphatic carbocycles. The van der Waals surface area contributed by atoms with Crippen LogP contribution in [0, 0.1) is 0 Å². The molecule has 1 atom stereocenters. The number of rotatable bonds is 5. The summed E-state index contributed by atoms with van der Waals surface area (Å²) in [4.78, 5) is 19.1. The van der Waals surface area contributed by atoms with E-state index in [9.17, 15) is 4.79 Å². The summed E-state index contributed by atoms with van der Waals surface area (Å²) in [7, 11) is 0. The van der Waals surface area contributed by atoms with E-state index in [0.717, 1.165) is 30.6 Å². The highest BCUT2D eigenvalue weighted by atomic mass is 32.1. The number of pyridine rings is 1. The molecule has 3 aromatic rings. The molecule has 0 saturated carbocycles. The predicted octanol–water partition coefficient (Wildman–Crippen LogP) is 4.78. The highest BCUT2D eigenvalue weighted by Crippen LogP contribution is 2.32. The summed E-state index contributed by atoms with van der Waals surface area (Å²) >= 11 is 1.71. The molecule has 1 fully saturated rings. The molecule has 1 aliphatic heterocycles. The van der Waals surface area contributed by atoms with Crippen molar-refractivity contribution < 1.29 is 9.53 Å². The summed E-state index contributed by atoms with van der Waals surface area (Å²) < 4.78 is 6.95. The van der Waals surface area contributed by atoms with Gasteiger partial charge in [0.05, 0.1) is 28.9 Å². The number of hydrogen-bond donors (Lipinski definition) is 0. The largest absolute Gasteiger partial charge is 0.460 e. The molecule has 0 N–H and O–H groups in total. The first-order valence-electron chi connectivity index (χ1n) is 9.45. The Morgan fingerprint density at radius 3 is 2.85 bits per heavy atom. The van der Waals surface area contributed by atoms with Gasteiger partial charge in [-0.05, 0) is 34.6 Å². The molecule has 27 heavy (non-hydrogen) atoms. The Morgan fingerprint density at radius 1 is 1.26 bits per heavy atom. The van der Waals surface area contributed by atoms with Gasteiger partial charge in [-0.25, -0.2) is 0 Å². The molecule has 1 saturated heterocycles. The van der Waals surface area contributed by atoms with E-state index in [1.807, 2.05) is 24.4 Å². The third kappa shape index (κ3) is 3.98. The van der Waals surface area contributed by atoms with Crippen molar-refractivity contribution in [2.45, 2.75) is 38.7 Å². The molecular formula is C22H24N2O2S. The Morgan fingerprint density at radius 2 is 2.07 bits per heavy atom. The number of hydrogen-bond acceptors (Lipinski definition) is 5. The number of aromatic nitrogens is 1. The van der Waals surface area contributed by atoms with Crippen molar-refractivity contribution >= 4 is 33.2 Å². The summed E-state index contributed by atoms with van der Waals surface area (Å²) in [6, 6.07) is 12.4. The van der Waals surface area contributed by atoms with Crippen LogP contribution in [0.3, 0.4) is 0 Å². The van der Waals surface area contributed by atoms with Crippen molar-refractivity contribution in [3.63, 3.8) is 0 Å². The van der Waals surface area contributed by atoms with E-state index in [1.165, 1.54) is 16.0 Å². The number of esters is 1. The lowest BCUT2D eigenvalue weighted by atomic mass is 10.0. The molecule has 4 nitrogen and oxygen atoms in total. The van der Waals surface area contributed by atoms with E-state index in [1.54, 1.807) is 11.3 Å². The number of ether oxygens (including phenoxy) is 1. The molecule has 140 valence electrons. The van der Waals surface area contributed by atoms with Gasteiger partial charge in [0.2, 0.25) is 0 Å². The van der Waals surface area contributed by atoms with E-state index >= 15 is 0 Å². The number of thiophene rings is 1. The minimum atomic E-state index is -0.143. The zero-order valence-corrected chi connectivity index (χ0v) is 16.5. The van der Waals surface area contributed by atoms with Crippen LogP contribution in [-0.2, 0) is 16.0 Å². The fourth-order valence-corrected chi connectivity index (χ4v) is 4.46. The summed E-state index contributed by atoms with van der Waals surface area (Å²) in [5, 5.41) is 2.07. The Balaban J connectivity index is 1.35. The number of anilines is 1. The maximum absolute atomic E-state index is 12.4. The first-order chi connectivity index (χ1) is 13.1. The van der Waals surface area contributed by atoms with E-state index in [0.29, 0.717) is 12.3 Å². The zero-order valence-electron chi connectivity index (χ0n) is 15.7. The normalized spacial score (nSPS) is 17.0. The molecule has 0 bridgehead atoms. The van der Waals surface area contributed by atoms with Crippen molar-refractivity contribution in [1.29, 1.82) is 0 Å². The van der Waals surface area contributed by atoms with E-state index < -0.39 is 0 Å². The summed E-state index contributed by atoms with van der Waals surface area (Å²) in [5.74, 6) is 0.355. The monoisotopic (exact) mass is 380 g/mol. The van der Waals surface area contributed by atoms with Gasteiger partial charge >= 0.3 is 5.97 Å². The molecule has 3 heterocycles. The van der Waals surface area contributed by atoms with Crippen LogP contribution in [0.25, 0.3) is 10.2 Å². The van der Waals surface area contributed by atoms with E-state index in [2.05, 4.69) is 47.3 Å². The van der Waals surface area contributed by atoms with Crippen molar-refractivity contribution in [3.05, 3.63) is 59.1 Å². The van der Waals surface area contributed by atoms with Gasteiger partial charge in [-0.1, -0.05) is 38.1 Å². The Labute approximate surface area is 163 Å². The fraction of sp³-hybridized carbons (Fsp3) is 0.364. The number of nitrogens with zero attached hydrogens (tertiary/aromatic N) is 2. The lowest BCUT2D eigenvalue weighted by Crippen LogP contribution is -2.25. The lowest BCUT2D eigenvalue weighted by Gasteiger charge is -2.19. The summed E-state index contributed by atoms with van der Waals surface area (Å²) in [5.41, 5.74) is 4.52. The van der Waals surface area contributed by atoms with Gasteiger partial charge in [0.15, 0.2) is 0 Å². The molecule has 0 amide bonds. The van der Waals surface area contributed by atoms with Crippen LogP contribution in [0.1, 0.15) is 37.3 Å². The second kappa shape index (κ2) is 7.69. The van der Waals surface area contributed by atoms with Crippen LogP contribution in [0.5, 0.6) is 0 Å². The molecule has 5 heteroatoms. The SMILES string of the molecule is CC(C)c1ccc(CC(=O)OC2CCN(c3ccnc4ccsc34)C2)cc1. The van der Waals surface area contributed by atoms with E-state index in [-0.39, 0.29) is 12.1 Å². The standard InChI is InChI=1S/C22H24N2O2S/c1-15(2)17-5-3-16(4-6-17)13-21(25)26-18-8-11-24(14-18)20-7-10-23-19-9-12-27-22(19)20/h3-7,9-10,12,15,18H,8,11,13-14H2,1-2H3. The van der Waals surface area contributed by atoms with Crippen LogP contribution < -0.4 is 4.90 Å². The van der Waals surface area contributed by atoms with Crippen LogP contribution in [0.4, 0.5) is 5.69 Å². The Bertz CT molecular complexity index is 933. The molecule has 1 aromatic carbocycles. The first kappa shape index (κ1) is 18.0. The predicted molar refractivity (Wildman–Crippen MR) is 111 cm³/mol. The Kier molecular flexibility index (Phi) is 5.12. The number of carbonyl (C=O) groups is 1. The van der Waals surface area contributed by atoms with Crippen molar-refractivity contribution in [2.75, 3.05) is 18.0 Å². The molecule has 4 rings (SSSR count). The zero-order chi connectivity index (χ0) is 18.8. The topological polar surface area (TPSA) is 42.4 Å². The maximum atomic E-state index is 12.4. The van der Waals surface area contributed by atoms with Gasteiger partial charge in [-0.15, -0.1) is 11.3 Å². The van der Waals surface area contributed by atoms with Crippen LogP contribution in [0.2, 0.25) is 0 Å². The van der Waals surface area contributed by atoms with Gasteiger partial charge in [0, 0.05) is 19.2 Å². The molecule has 1 unspecified atom stereocenters. The van der Waals surface area contributed by atoms with Gasteiger partial charge in [-0.3, -0.25) is 9.78 Å². The van der Waals surface area contributed by atoms with Crippen LogP contribution in [-0.4, -0.2) is 30.1 Å². The summed E-state index contributed by atoms with van der Waals surface area (Å²) in [6.45, 7) is 5.98. The van der Waals surface area contributed by atoms with Crippen molar-refractivity contribution in [1.82, 2.24) is 4.98 Å². The molecule has 1 aliphatic rings. The number of carbonyl (C=O) groups excluding carboxylic acids is 1. The highest BCUT2D eigenvalue weighted by Gasteiger charge is 2.27. The maximum Gasteiger partial charge on any atom is 0.310 e. The van der Waals surface area contributed by atoms with Crippen LogP contribution >= 0.6 is 11.3 Å². The minimum absolute atomic E-state index is 0.0457. The van der Waals surface area contributed by atoms with Gasteiger partial charge in [0.25, 0.3) is 0 Å². The minimum Gasteiger partial charge on any atom is -0.460 e. The van der Waals surface area contributed by atoms with Crippen LogP contribution in [0.15, 0.2) is 48.0 Å².